The van der Waals surface area contributed by atoms with Crippen LogP contribution in [0.4, 0.5) is 22.7 Å². The maximum atomic E-state index is 9.00. The smallest absolute Gasteiger partial charge is 0.300 e. The molecule has 0 saturated carbocycles. The van der Waals surface area contributed by atoms with E-state index in [4.69, 9.17) is 38.7 Å². The van der Waals surface area contributed by atoms with Crippen LogP contribution < -0.4 is 28.7 Å². The molecular formula is C70H74N2O8Pd. The predicted octanol–water partition coefficient (Wildman–Crippen LogP) is 17.8. The third-order valence-electron chi connectivity index (χ3n) is 13.0. The standard InChI is InChI=1S/2C32H29NO2.2C2H4O2.2CH4.Pd/c2*1-23-30(34-2)21-19-28(32(23)35-3)31-27-17-11-10-14-25(27)18-20-29(31)33(26-15-8-5-9-16-26)22-24-12-6-4-7-13-24;2*1-2(3)4;;;/h2*4-21H,22H2,1-3H3;2*1H3,(H,3,4);2*1H4;. The molecule has 10 nitrogen and oxygen atoms in total. The van der Waals surface area contributed by atoms with Gasteiger partial charge < -0.3 is 39.0 Å². The Morgan fingerprint density at radius 3 is 1.00 bits per heavy atom. The minimum atomic E-state index is -0.833. The number of methoxy groups -OCH3 is 4. The first kappa shape index (κ1) is 64.6. The summed E-state index contributed by atoms with van der Waals surface area (Å²) in [6, 6.07) is 76.6. The fourth-order valence-electron chi connectivity index (χ4n) is 9.62. The van der Waals surface area contributed by atoms with Crippen LogP contribution in [-0.4, -0.2) is 50.6 Å². The van der Waals surface area contributed by atoms with Gasteiger partial charge in [0.2, 0.25) is 0 Å². The second kappa shape index (κ2) is 31.6. The summed E-state index contributed by atoms with van der Waals surface area (Å²) in [6.45, 7) is 7.75. The van der Waals surface area contributed by atoms with Gasteiger partial charge in [-0.3, -0.25) is 9.59 Å². The molecule has 0 radical (unpaired) electrons. The number of nitrogens with zero attached hydrogens (tertiary/aromatic N) is 2. The summed E-state index contributed by atoms with van der Waals surface area (Å²) in [5.74, 6) is 1.62. The third-order valence-corrected chi connectivity index (χ3v) is 13.0. The Morgan fingerprint density at radius 2 is 0.691 bits per heavy atom. The van der Waals surface area contributed by atoms with Gasteiger partial charge in [0.25, 0.3) is 11.9 Å². The Morgan fingerprint density at radius 1 is 0.395 bits per heavy atom. The molecule has 0 fully saturated rings. The summed E-state index contributed by atoms with van der Waals surface area (Å²) in [4.78, 5) is 22.8. The zero-order chi connectivity index (χ0) is 55.6. The molecule has 10 rings (SSSR count). The van der Waals surface area contributed by atoms with Gasteiger partial charge >= 0.3 is 0 Å². The van der Waals surface area contributed by atoms with Crippen LogP contribution in [0.25, 0.3) is 43.8 Å². The van der Waals surface area contributed by atoms with Gasteiger partial charge in [0.05, 0.1) is 39.8 Å². The summed E-state index contributed by atoms with van der Waals surface area (Å²) < 4.78 is 23.2. The molecule has 0 aliphatic carbocycles. The predicted molar refractivity (Wildman–Crippen MR) is 332 cm³/mol. The number of carboxylic acids is 2. The molecule has 0 unspecified atom stereocenters. The molecular weight excluding hydrogens is 1100 g/mol. The number of para-hydroxylation sites is 2. The third kappa shape index (κ3) is 16.1. The Balaban J connectivity index is 0.000000298. The number of benzene rings is 10. The van der Waals surface area contributed by atoms with Gasteiger partial charge in [-0.15, -0.1) is 0 Å². The molecule has 0 heterocycles. The maximum Gasteiger partial charge on any atom is 0.300 e. The summed E-state index contributed by atoms with van der Waals surface area (Å²) in [6.07, 6.45) is 0. The van der Waals surface area contributed by atoms with Crippen LogP contribution in [0, 0.1) is 13.8 Å². The van der Waals surface area contributed by atoms with Crippen molar-refractivity contribution in [2.75, 3.05) is 38.2 Å². The zero-order valence-corrected chi connectivity index (χ0v) is 47.3. The molecule has 0 spiro atoms. The van der Waals surface area contributed by atoms with Gasteiger partial charge in [-0.05, 0) is 107 Å². The van der Waals surface area contributed by atoms with E-state index in [1.165, 1.54) is 32.7 Å². The summed E-state index contributed by atoms with van der Waals surface area (Å²) in [5, 5.41) is 19.6. The second-order valence-electron chi connectivity index (χ2n) is 18.2. The number of rotatable bonds is 14. The molecule has 11 heteroatoms. The fourth-order valence-corrected chi connectivity index (χ4v) is 9.62. The van der Waals surface area contributed by atoms with Crippen LogP contribution in [0.3, 0.4) is 0 Å². The maximum absolute atomic E-state index is 9.00. The Labute approximate surface area is 492 Å². The number of fused-ring (bicyclic) bond motifs is 2. The van der Waals surface area contributed by atoms with E-state index in [1.54, 1.807) is 28.4 Å². The molecule has 0 aliphatic rings. The van der Waals surface area contributed by atoms with Crippen LogP contribution in [0.1, 0.15) is 51.0 Å². The van der Waals surface area contributed by atoms with Gasteiger partial charge in [-0.2, -0.15) is 0 Å². The largest absolute Gasteiger partial charge is 0.496 e. The first-order valence-corrected chi connectivity index (χ1v) is 25.5. The zero-order valence-electron chi connectivity index (χ0n) is 45.8. The molecule has 0 aromatic heterocycles. The topological polar surface area (TPSA) is 118 Å². The van der Waals surface area contributed by atoms with Gasteiger partial charge in [0, 0.05) is 92.1 Å². The first-order valence-electron chi connectivity index (χ1n) is 25.5. The van der Waals surface area contributed by atoms with Crippen molar-refractivity contribution in [2.24, 2.45) is 0 Å². The molecule has 81 heavy (non-hydrogen) atoms. The van der Waals surface area contributed by atoms with Gasteiger partial charge in [0.15, 0.2) is 0 Å². The number of carbonyl (C=O) groups is 2. The minimum absolute atomic E-state index is 0. The summed E-state index contributed by atoms with van der Waals surface area (Å²) in [7, 11) is 6.85. The summed E-state index contributed by atoms with van der Waals surface area (Å²) in [5.41, 5.74) is 13.4. The monoisotopic (exact) mass is 1180 g/mol. The first-order chi connectivity index (χ1) is 37.9. The molecule has 10 aromatic carbocycles. The summed E-state index contributed by atoms with van der Waals surface area (Å²) >= 11 is 0. The molecule has 0 bridgehead atoms. The van der Waals surface area contributed by atoms with Gasteiger partial charge in [-0.25, -0.2) is 0 Å². The molecule has 422 valence electrons. The van der Waals surface area contributed by atoms with Crippen LogP contribution >= 0.6 is 0 Å². The van der Waals surface area contributed by atoms with Crippen molar-refractivity contribution < 1.29 is 59.2 Å². The molecule has 2 N–H and O–H groups in total. The normalized spacial score (nSPS) is 9.98. The quantitative estimate of drug-likeness (QED) is 0.102. The van der Waals surface area contributed by atoms with E-state index in [2.05, 4.69) is 216 Å². The second-order valence-corrected chi connectivity index (χ2v) is 18.2. The van der Waals surface area contributed by atoms with Crippen molar-refractivity contribution >= 4 is 56.2 Å². The van der Waals surface area contributed by atoms with Crippen molar-refractivity contribution in [1.29, 1.82) is 0 Å². The number of carboxylic acid groups (broad SMARTS) is 2. The average molecular weight is 1180 g/mol. The van der Waals surface area contributed by atoms with Gasteiger partial charge in [0.1, 0.15) is 23.0 Å². The molecule has 10 aromatic rings. The van der Waals surface area contributed by atoms with E-state index < -0.39 is 11.9 Å². The minimum Gasteiger partial charge on any atom is -0.496 e. The molecule has 0 atom stereocenters. The Hall–Kier alpha value is -8.88. The molecule has 0 amide bonds. The van der Waals surface area contributed by atoms with Crippen LogP contribution in [0.15, 0.2) is 218 Å². The molecule has 0 saturated heterocycles. The van der Waals surface area contributed by atoms with Crippen molar-refractivity contribution in [1.82, 2.24) is 0 Å². The van der Waals surface area contributed by atoms with Crippen LogP contribution in [0.5, 0.6) is 23.0 Å². The van der Waals surface area contributed by atoms with E-state index in [1.807, 2.05) is 26.0 Å². The fraction of sp³-hybridized carbons (Fsp3) is 0.171. The van der Waals surface area contributed by atoms with Crippen molar-refractivity contribution in [2.45, 2.75) is 55.6 Å². The van der Waals surface area contributed by atoms with Gasteiger partial charge in [-0.1, -0.05) is 173 Å². The van der Waals surface area contributed by atoms with Crippen molar-refractivity contribution in [3.05, 3.63) is 241 Å². The number of anilines is 4. The number of hydrogen-bond acceptors (Lipinski definition) is 8. The average Bonchev–Trinajstić information content (AvgIpc) is 3.52. The van der Waals surface area contributed by atoms with Crippen molar-refractivity contribution in [3.63, 3.8) is 0 Å². The van der Waals surface area contributed by atoms with Crippen molar-refractivity contribution in [3.8, 4) is 45.3 Å². The van der Waals surface area contributed by atoms with E-state index in [-0.39, 0.29) is 35.3 Å². The van der Waals surface area contributed by atoms with E-state index in [0.29, 0.717) is 0 Å². The Kier molecular flexibility index (Phi) is 25.3. The van der Waals surface area contributed by atoms with Crippen LogP contribution in [-0.2, 0) is 43.1 Å². The molecule has 0 aliphatic heterocycles. The van der Waals surface area contributed by atoms with Crippen LogP contribution in [0.2, 0.25) is 0 Å². The number of ether oxygens (including phenoxy) is 4. The van der Waals surface area contributed by atoms with E-state index in [0.717, 1.165) is 106 Å². The van der Waals surface area contributed by atoms with E-state index in [9.17, 15) is 0 Å². The number of aliphatic carboxylic acids is 2. The SMILES string of the molecule is C.C.CC(=O)O.CC(=O)O.COc1ccc(-c2c(N(Cc3ccccc3)c3ccccc3)ccc3ccccc23)c(OC)c1C.COc1ccc(-c2c(N(Cc3ccccc3)c3ccccc3)ccc3ccccc23)c(OC)c1C.[Pd]. The van der Waals surface area contributed by atoms with E-state index >= 15 is 0 Å². The Bertz CT molecular complexity index is 3340. The number of hydrogen-bond donors (Lipinski definition) is 2.